The van der Waals surface area contributed by atoms with E-state index in [2.05, 4.69) is 10.4 Å². The van der Waals surface area contributed by atoms with Crippen LogP contribution in [0.1, 0.15) is 12.8 Å². The van der Waals surface area contributed by atoms with Crippen molar-refractivity contribution < 1.29 is 17.2 Å². The quantitative estimate of drug-likeness (QED) is 0.821. The van der Waals surface area contributed by atoms with Gasteiger partial charge in [0.15, 0.2) is 5.82 Å². The number of nitrogens with zero attached hydrogens (tertiary/aromatic N) is 3. The number of halogens is 3. The molecule has 0 bridgehead atoms. The second-order valence-electron chi connectivity index (χ2n) is 6.29. The van der Waals surface area contributed by atoms with Crippen LogP contribution in [0.4, 0.5) is 14.5 Å². The van der Waals surface area contributed by atoms with Gasteiger partial charge in [0.1, 0.15) is 16.5 Å². The number of aromatic nitrogens is 2. The second kappa shape index (κ2) is 7.53. The van der Waals surface area contributed by atoms with E-state index in [4.69, 9.17) is 11.6 Å². The predicted octanol–water partition coefficient (Wildman–Crippen LogP) is 2.00. The van der Waals surface area contributed by atoms with Gasteiger partial charge in [-0.25, -0.2) is 21.5 Å². The number of nitrogens with one attached hydrogen (secondary N) is 1. The summed E-state index contributed by atoms with van der Waals surface area (Å²) in [6.07, 6.45) is 3.75. The molecule has 0 amide bonds. The third kappa shape index (κ3) is 4.28. The molecule has 3 rings (SSSR count). The van der Waals surface area contributed by atoms with Gasteiger partial charge in [-0.1, -0.05) is 11.6 Å². The van der Waals surface area contributed by atoms with Crippen molar-refractivity contribution in [3.8, 4) is 5.69 Å². The molecule has 1 aliphatic heterocycles. The second-order valence-corrected chi connectivity index (χ2v) is 8.65. The minimum Gasteiger partial charge on any atom is -0.378 e. The molecular formula is C16H17ClF2N4O3S. The smallest absolute Gasteiger partial charge is 0.292 e. The van der Waals surface area contributed by atoms with Gasteiger partial charge in [0.05, 0.1) is 18.1 Å². The standard InChI is InChI=1S/C16H17ClF2N4O3S/c1-27(25,26)22-6-2-3-11(9-22)21-13-8-20-23(16(24)15(13)17)14-5-4-10(18)7-12(14)19/h4-5,7-8,11,21H,2-3,6,9H2,1H3. The summed E-state index contributed by atoms with van der Waals surface area (Å²) in [5.41, 5.74) is -0.778. The fourth-order valence-corrected chi connectivity index (χ4v) is 4.03. The topological polar surface area (TPSA) is 84.3 Å². The minimum atomic E-state index is -3.31. The number of benzene rings is 1. The van der Waals surface area contributed by atoms with Gasteiger partial charge in [-0.15, -0.1) is 0 Å². The zero-order valence-electron chi connectivity index (χ0n) is 14.3. The van der Waals surface area contributed by atoms with Crippen LogP contribution in [0.15, 0.2) is 29.2 Å². The van der Waals surface area contributed by atoms with Crippen molar-refractivity contribution in [3.05, 3.63) is 51.4 Å². The average molecular weight is 419 g/mol. The van der Waals surface area contributed by atoms with Crippen molar-refractivity contribution in [1.82, 2.24) is 14.1 Å². The molecule has 2 heterocycles. The summed E-state index contributed by atoms with van der Waals surface area (Å²) in [5, 5.41) is 6.71. The van der Waals surface area contributed by atoms with Crippen LogP contribution in [-0.4, -0.2) is 47.9 Å². The molecule has 0 aliphatic carbocycles. The highest BCUT2D eigenvalue weighted by atomic mass is 35.5. The number of hydrogen-bond donors (Lipinski definition) is 1. The maximum absolute atomic E-state index is 13.9. The van der Waals surface area contributed by atoms with Gasteiger partial charge in [0, 0.05) is 25.2 Å². The normalized spacial score (nSPS) is 18.4. The summed E-state index contributed by atoms with van der Waals surface area (Å²) in [4.78, 5) is 12.5. The lowest BCUT2D eigenvalue weighted by Gasteiger charge is -2.32. The highest BCUT2D eigenvalue weighted by Gasteiger charge is 2.26. The lowest BCUT2D eigenvalue weighted by atomic mass is 10.1. The van der Waals surface area contributed by atoms with Crippen LogP contribution in [-0.2, 0) is 10.0 Å². The van der Waals surface area contributed by atoms with Gasteiger partial charge < -0.3 is 5.32 Å². The van der Waals surface area contributed by atoms with Crippen LogP contribution >= 0.6 is 11.6 Å². The van der Waals surface area contributed by atoms with Gasteiger partial charge in [-0.05, 0) is 25.0 Å². The Labute approximate surface area is 159 Å². The molecular weight excluding hydrogens is 402 g/mol. The first-order chi connectivity index (χ1) is 12.7. The first kappa shape index (κ1) is 19.7. The van der Waals surface area contributed by atoms with Crippen molar-refractivity contribution in [1.29, 1.82) is 0 Å². The molecule has 7 nitrogen and oxygen atoms in total. The third-order valence-corrected chi connectivity index (χ3v) is 5.90. The Morgan fingerprint density at radius 1 is 1.33 bits per heavy atom. The molecule has 146 valence electrons. The van der Waals surface area contributed by atoms with E-state index in [0.717, 1.165) is 23.1 Å². The molecule has 1 atom stereocenters. The summed E-state index contributed by atoms with van der Waals surface area (Å²) in [6, 6.07) is 2.50. The maximum atomic E-state index is 13.9. The summed E-state index contributed by atoms with van der Waals surface area (Å²) in [6.45, 7) is 0.680. The van der Waals surface area contributed by atoms with E-state index in [9.17, 15) is 22.0 Å². The Hall–Kier alpha value is -2.04. The minimum absolute atomic E-state index is 0.217. The monoisotopic (exact) mass is 418 g/mol. The number of hydrogen-bond acceptors (Lipinski definition) is 5. The molecule has 1 fully saturated rings. The Kier molecular flexibility index (Phi) is 5.50. The molecule has 0 radical (unpaired) electrons. The van der Waals surface area contributed by atoms with E-state index < -0.39 is 27.2 Å². The lowest BCUT2D eigenvalue weighted by molar-refractivity contribution is 0.329. The Bertz CT molecular complexity index is 1030. The Morgan fingerprint density at radius 2 is 2.07 bits per heavy atom. The van der Waals surface area contributed by atoms with Crippen LogP contribution in [0.2, 0.25) is 5.02 Å². The first-order valence-corrected chi connectivity index (χ1v) is 10.3. The molecule has 0 spiro atoms. The third-order valence-electron chi connectivity index (χ3n) is 4.27. The lowest BCUT2D eigenvalue weighted by Crippen LogP contribution is -2.44. The SMILES string of the molecule is CS(=O)(=O)N1CCCC(Nc2cnn(-c3ccc(F)cc3F)c(=O)c2Cl)C1. The van der Waals surface area contributed by atoms with E-state index >= 15 is 0 Å². The van der Waals surface area contributed by atoms with Crippen molar-refractivity contribution in [2.24, 2.45) is 0 Å². The molecule has 0 saturated carbocycles. The zero-order valence-corrected chi connectivity index (χ0v) is 15.9. The fourth-order valence-electron chi connectivity index (χ4n) is 2.94. The van der Waals surface area contributed by atoms with Crippen molar-refractivity contribution in [2.75, 3.05) is 24.7 Å². The highest BCUT2D eigenvalue weighted by Crippen LogP contribution is 2.22. The molecule has 1 unspecified atom stereocenters. The van der Waals surface area contributed by atoms with E-state index in [0.29, 0.717) is 25.5 Å². The predicted molar refractivity (Wildman–Crippen MR) is 97.8 cm³/mol. The van der Waals surface area contributed by atoms with Crippen LogP contribution in [0.3, 0.4) is 0 Å². The van der Waals surface area contributed by atoms with E-state index in [-0.39, 0.29) is 29.0 Å². The summed E-state index contributed by atoms with van der Waals surface area (Å²) in [5.74, 6) is -1.72. The van der Waals surface area contributed by atoms with Crippen molar-refractivity contribution in [2.45, 2.75) is 18.9 Å². The molecule has 1 N–H and O–H groups in total. The Balaban J connectivity index is 1.86. The number of sulfonamides is 1. The van der Waals surface area contributed by atoms with Crippen LogP contribution < -0.4 is 10.9 Å². The number of piperidine rings is 1. The van der Waals surface area contributed by atoms with Crippen molar-refractivity contribution >= 4 is 27.3 Å². The van der Waals surface area contributed by atoms with Gasteiger partial charge >= 0.3 is 0 Å². The van der Waals surface area contributed by atoms with Crippen LogP contribution in [0.25, 0.3) is 5.69 Å². The van der Waals surface area contributed by atoms with Gasteiger partial charge in [-0.3, -0.25) is 4.79 Å². The molecule has 11 heteroatoms. The molecule has 1 aliphatic rings. The summed E-state index contributed by atoms with van der Waals surface area (Å²) < 4.78 is 52.5. The fraction of sp³-hybridized carbons (Fsp3) is 0.375. The van der Waals surface area contributed by atoms with E-state index in [1.54, 1.807) is 0 Å². The van der Waals surface area contributed by atoms with Crippen molar-refractivity contribution in [3.63, 3.8) is 0 Å². The van der Waals surface area contributed by atoms with Gasteiger partial charge in [0.25, 0.3) is 5.56 Å². The molecule has 1 aromatic heterocycles. The largest absolute Gasteiger partial charge is 0.378 e. The molecule has 1 aromatic carbocycles. The highest BCUT2D eigenvalue weighted by molar-refractivity contribution is 7.88. The average Bonchev–Trinajstić information content (AvgIpc) is 2.60. The summed E-state index contributed by atoms with van der Waals surface area (Å²) >= 11 is 6.11. The van der Waals surface area contributed by atoms with E-state index in [1.807, 2.05) is 0 Å². The van der Waals surface area contributed by atoms with Crippen LogP contribution in [0.5, 0.6) is 0 Å². The Morgan fingerprint density at radius 3 is 2.74 bits per heavy atom. The first-order valence-electron chi connectivity index (χ1n) is 8.11. The molecule has 2 aromatic rings. The maximum Gasteiger partial charge on any atom is 0.292 e. The zero-order chi connectivity index (χ0) is 19.8. The number of rotatable bonds is 4. The van der Waals surface area contributed by atoms with E-state index in [1.165, 1.54) is 10.5 Å². The number of anilines is 1. The van der Waals surface area contributed by atoms with Gasteiger partial charge in [-0.2, -0.15) is 9.78 Å². The summed E-state index contributed by atoms with van der Waals surface area (Å²) in [7, 11) is -3.31. The van der Waals surface area contributed by atoms with Gasteiger partial charge in [0.2, 0.25) is 10.0 Å². The van der Waals surface area contributed by atoms with Crippen LogP contribution in [0, 0.1) is 11.6 Å². The molecule has 1 saturated heterocycles. The molecule has 27 heavy (non-hydrogen) atoms.